The van der Waals surface area contributed by atoms with Crippen LogP contribution in [0.1, 0.15) is 6.92 Å². The van der Waals surface area contributed by atoms with Crippen LogP contribution in [0.5, 0.6) is 0 Å². The van der Waals surface area contributed by atoms with Crippen LogP contribution in [0.2, 0.25) is 0 Å². The first kappa shape index (κ1) is 11.4. The van der Waals surface area contributed by atoms with E-state index in [1.165, 1.54) is 7.11 Å². The molecule has 0 aromatic carbocycles. The second-order valence-electron chi connectivity index (χ2n) is 2.64. The lowest BCUT2D eigenvalue weighted by molar-refractivity contribution is -0.124. The summed E-state index contributed by atoms with van der Waals surface area (Å²) in [6, 6.07) is -0.425. The molecule has 12 heavy (non-hydrogen) atoms. The predicted octanol–water partition coefficient (Wildman–Crippen LogP) is -1.54. The van der Waals surface area contributed by atoms with Gasteiger partial charge in [-0.05, 0) is 6.92 Å². The minimum absolute atomic E-state index is 0.0204. The molecule has 0 rings (SSSR count). The molecule has 0 saturated heterocycles. The molecule has 0 spiro atoms. The molecular formula is C7H16N2O3. The molecule has 5 nitrogen and oxygen atoms in total. The number of hydrogen-bond acceptors (Lipinski definition) is 4. The standard InChI is InChI=1S/C7H16N2O3/c1-5(10)6(8)3-9-7(11)4-12-2/h5-6,10H,3-4,8H2,1-2H3,(H,9,11). The number of aliphatic hydroxyl groups is 1. The first-order valence-corrected chi connectivity index (χ1v) is 3.77. The van der Waals surface area contributed by atoms with Crippen molar-refractivity contribution >= 4 is 5.91 Å². The summed E-state index contributed by atoms with van der Waals surface area (Å²) in [5, 5.41) is 11.5. The van der Waals surface area contributed by atoms with E-state index in [0.717, 1.165) is 0 Å². The van der Waals surface area contributed by atoms with Gasteiger partial charge in [0.15, 0.2) is 0 Å². The van der Waals surface area contributed by atoms with Gasteiger partial charge < -0.3 is 20.9 Å². The second-order valence-corrected chi connectivity index (χ2v) is 2.64. The lowest BCUT2D eigenvalue weighted by atomic mass is 10.2. The molecule has 0 heterocycles. The van der Waals surface area contributed by atoms with Gasteiger partial charge in [0.25, 0.3) is 0 Å². The number of amides is 1. The van der Waals surface area contributed by atoms with Gasteiger partial charge in [-0.3, -0.25) is 4.79 Å². The molecule has 0 radical (unpaired) electrons. The largest absolute Gasteiger partial charge is 0.392 e. The van der Waals surface area contributed by atoms with E-state index in [1.54, 1.807) is 6.92 Å². The normalized spacial score (nSPS) is 15.3. The van der Waals surface area contributed by atoms with Crippen molar-refractivity contribution in [1.29, 1.82) is 0 Å². The minimum atomic E-state index is -0.618. The Balaban J connectivity index is 3.47. The van der Waals surface area contributed by atoms with Crippen LogP contribution in [0, 0.1) is 0 Å². The molecule has 1 amide bonds. The zero-order valence-electron chi connectivity index (χ0n) is 7.41. The molecule has 0 aromatic rings. The van der Waals surface area contributed by atoms with Gasteiger partial charge in [-0.1, -0.05) is 0 Å². The summed E-state index contributed by atoms with van der Waals surface area (Å²) in [6.45, 7) is 1.86. The van der Waals surface area contributed by atoms with E-state index in [0.29, 0.717) is 0 Å². The van der Waals surface area contributed by atoms with Gasteiger partial charge in [0.1, 0.15) is 6.61 Å². The molecule has 0 aliphatic rings. The number of nitrogens with one attached hydrogen (secondary N) is 1. The summed E-state index contributed by atoms with van der Waals surface area (Å²) >= 11 is 0. The first-order chi connectivity index (χ1) is 5.57. The van der Waals surface area contributed by atoms with Crippen molar-refractivity contribution in [2.75, 3.05) is 20.3 Å². The zero-order chi connectivity index (χ0) is 9.56. The Morgan fingerprint density at radius 3 is 2.75 bits per heavy atom. The van der Waals surface area contributed by atoms with E-state index in [2.05, 4.69) is 10.1 Å². The topological polar surface area (TPSA) is 84.6 Å². The monoisotopic (exact) mass is 176 g/mol. The summed E-state index contributed by atoms with van der Waals surface area (Å²) < 4.78 is 4.58. The van der Waals surface area contributed by atoms with Crippen molar-refractivity contribution in [3.05, 3.63) is 0 Å². The lowest BCUT2D eigenvalue weighted by Gasteiger charge is -2.14. The molecule has 0 bridgehead atoms. The number of carbonyl (C=O) groups excluding carboxylic acids is 1. The molecule has 2 unspecified atom stereocenters. The van der Waals surface area contributed by atoms with Crippen LogP contribution >= 0.6 is 0 Å². The number of aliphatic hydroxyl groups excluding tert-OH is 1. The molecule has 0 aromatic heterocycles. The third kappa shape index (κ3) is 5.06. The Labute approximate surface area is 71.9 Å². The van der Waals surface area contributed by atoms with E-state index in [4.69, 9.17) is 10.8 Å². The quantitative estimate of drug-likeness (QED) is 0.474. The van der Waals surface area contributed by atoms with Gasteiger partial charge in [-0.15, -0.1) is 0 Å². The van der Waals surface area contributed by atoms with Crippen LogP contribution in [0.15, 0.2) is 0 Å². The molecule has 2 atom stereocenters. The van der Waals surface area contributed by atoms with E-state index in [-0.39, 0.29) is 19.1 Å². The fraction of sp³-hybridized carbons (Fsp3) is 0.857. The van der Waals surface area contributed by atoms with E-state index in [9.17, 15) is 4.79 Å². The molecular weight excluding hydrogens is 160 g/mol. The van der Waals surface area contributed by atoms with Crippen molar-refractivity contribution in [2.45, 2.75) is 19.1 Å². The Morgan fingerprint density at radius 2 is 2.33 bits per heavy atom. The van der Waals surface area contributed by atoms with Crippen molar-refractivity contribution in [2.24, 2.45) is 5.73 Å². The number of rotatable bonds is 5. The first-order valence-electron chi connectivity index (χ1n) is 3.77. The molecule has 0 fully saturated rings. The Kier molecular flexibility index (Phi) is 5.61. The van der Waals surface area contributed by atoms with Gasteiger partial charge in [-0.25, -0.2) is 0 Å². The number of methoxy groups -OCH3 is 1. The number of nitrogens with two attached hydrogens (primary N) is 1. The van der Waals surface area contributed by atoms with Crippen LogP contribution < -0.4 is 11.1 Å². The van der Waals surface area contributed by atoms with Crippen LogP contribution in [0.4, 0.5) is 0 Å². The predicted molar refractivity (Wildman–Crippen MR) is 44.5 cm³/mol. The van der Waals surface area contributed by atoms with E-state index >= 15 is 0 Å². The second kappa shape index (κ2) is 5.93. The Bertz CT molecular complexity index is 139. The fourth-order valence-electron chi connectivity index (χ4n) is 0.584. The van der Waals surface area contributed by atoms with Crippen LogP contribution in [-0.2, 0) is 9.53 Å². The number of hydrogen-bond donors (Lipinski definition) is 3. The maximum atomic E-state index is 10.8. The lowest BCUT2D eigenvalue weighted by Crippen LogP contribution is -2.44. The molecule has 0 saturated carbocycles. The highest BCUT2D eigenvalue weighted by atomic mass is 16.5. The van der Waals surface area contributed by atoms with Crippen molar-refractivity contribution in [3.8, 4) is 0 Å². The Hall–Kier alpha value is -0.650. The van der Waals surface area contributed by atoms with E-state index < -0.39 is 12.1 Å². The maximum absolute atomic E-state index is 10.8. The SMILES string of the molecule is COCC(=O)NCC(N)C(C)O. The zero-order valence-corrected chi connectivity index (χ0v) is 7.41. The third-order valence-corrected chi connectivity index (χ3v) is 1.43. The van der Waals surface area contributed by atoms with Crippen LogP contribution in [-0.4, -0.2) is 43.4 Å². The third-order valence-electron chi connectivity index (χ3n) is 1.43. The van der Waals surface area contributed by atoms with Crippen LogP contribution in [0.25, 0.3) is 0 Å². The summed E-state index contributed by atoms with van der Waals surface area (Å²) in [7, 11) is 1.44. The van der Waals surface area contributed by atoms with E-state index in [1.807, 2.05) is 0 Å². The van der Waals surface area contributed by atoms with Gasteiger partial charge in [0.2, 0.25) is 5.91 Å². The summed E-state index contributed by atoms with van der Waals surface area (Å²) in [5.74, 6) is -0.228. The van der Waals surface area contributed by atoms with Gasteiger partial charge in [0, 0.05) is 19.7 Å². The van der Waals surface area contributed by atoms with Gasteiger partial charge in [-0.2, -0.15) is 0 Å². The average Bonchev–Trinajstić information content (AvgIpc) is 2.00. The highest BCUT2D eigenvalue weighted by molar-refractivity contribution is 5.77. The van der Waals surface area contributed by atoms with Crippen molar-refractivity contribution in [3.63, 3.8) is 0 Å². The average molecular weight is 176 g/mol. The van der Waals surface area contributed by atoms with Gasteiger partial charge >= 0.3 is 0 Å². The fourth-order valence-corrected chi connectivity index (χ4v) is 0.584. The highest BCUT2D eigenvalue weighted by Crippen LogP contribution is 1.85. The van der Waals surface area contributed by atoms with Crippen molar-refractivity contribution in [1.82, 2.24) is 5.32 Å². The number of ether oxygens (including phenoxy) is 1. The smallest absolute Gasteiger partial charge is 0.246 e. The maximum Gasteiger partial charge on any atom is 0.246 e. The number of carbonyl (C=O) groups is 1. The molecule has 4 N–H and O–H groups in total. The molecule has 0 aliphatic heterocycles. The summed E-state index contributed by atoms with van der Waals surface area (Å²) in [6.07, 6.45) is -0.618. The minimum Gasteiger partial charge on any atom is -0.392 e. The molecule has 72 valence electrons. The van der Waals surface area contributed by atoms with Gasteiger partial charge in [0.05, 0.1) is 6.10 Å². The van der Waals surface area contributed by atoms with Crippen molar-refractivity contribution < 1.29 is 14.6 Å². The summed E-state index contributed by atoms with van der Waals surface area (Å²) in [5.41, 5.74) is 5.46. The van der Waals surface area contributed by atoms with Crippen LogP contribution in [0.3, 0.4) is 0 Å². The summed E-state index contributed by atoms with van der Waals surface area (Å²) in [4.78, 5) is 10.8. The Morgan fingerprint density at radius 1 is 1.75 bits per heavy atom. The molecule has 0 aliphatic carbocycles. The molecule has 5 heteroatoms. The highest BCUT2D eigenvalue weighted by Gasteiger charge is 2.09.